The maximum atomic E-state index is 11.5. The lowest BCUT2D eigenvalue weighted by Crippen LogP contribution is -2.34. The highest BCUT2D eigenvalue weighted by molar-refractivity contribution is 7.99. The van der Waals surface area contributed by atoms with Gasteiger partial charge in [0, 0.05) is 19.3 Å². The van der Waals surface area contributed by atoms with Gasteiger partial charge >= 0.3 is 12.1 Å². The van der Waals surface area contributed by atoms with Gasteiger partial charge in [-0.1, -0.05) is 0 Å². The van der Waals surface area contributed by atoms with E-state index in [1.165, 1.54) is 18.8 Å². The quantitative estimate of drug-likeness (QED) is 0.675. The van der Waals surface area contributed by atoms with Crippen molar-refractivity contribution in [1.82, 2.24) is 10.2 Å². The minimum Gasteiger partial charge on any atom is -0.480 e. The molecule has 0 atom stereocenters. The van der Waals surface area contributed by atoms with Crippen LogP contribution in [0.15, 0.2) is 0 Å². The van der Waals surface area contributed by atoms with Crippen molar-refractivity contribution in [3.63, 3.8) is 0 Å². The number of hydrogen-bond acceptors (Lipinski definition) is 5. The molecule has 2 amide bonds. The molecule has 0 spiro atoms. The topological polar surface area (TPSA) is 95.9 Å². The number of rotatable bonds is 7. The Morgan fingerprint density at radius 1 is 1.30 bits per heavy atom. The van der Waals surface area contributed by atoms with Crippen LogP contribution in [0.1, 0.15) is 20.8 Å². The van der Waals surface area contributed by atoms with Gasteiger partial charge in [0.2, 0.25) is 5.91 Å². The van der Waals surface area contributed by atoms with Crippen LogP contribution in [0.5, 0.6) is 0 Å². The molecule has 0 heterocycles. The monoisotopic (exact) mass is 306 g/mol. The molecule has 8 heteroatoms. The first-order chi connectivity index (χ1) is 9.11. The molecule has 116 valence electrons. The first kappa shape index (κ1) is 18.6. The van der Waals surface area contributed by atoms with Gasteiger partial charge in [0.15, 0.2) is 0 Å². The normalized spacial score (nSPS) is 10.8. The van der Waals surface area contributed by atoms with E-state index in [1.807, 2.05) is 0 Å². The van der Waals surface area contributed by atoms with Crippen LogP contribution in [0.4, 0.5) is 4.79 Å². The Hall–Kier alpha value is -1.44. The first-order valence-electron chi connectivity index (χ1n) is 6.12. The summed E-state index contributed by atoms with van der Waals surface area (Å²) in [5.41, 5.74) is -0.535. The number of hydrogen-bond donors (Lipinski definition) is 2. The molecule has 0 fully saturated rings. The van der Waals surface area contributed by atoms with E-state index < -0.39 is 17.7 Å². The molecule has 0 aliphatic rings. The molecular weight excluding hydrogens is 284 g/mol. The Labute approximate surface area is 123 Å². The van der Waals surface area contributed by atoms with Gasteiger partial charge < -0.3 is 20.1 Å². The molecular formula is C12H22N2O5S. The first-order valence-corrected chi connectivity index (χ1v) is 7.27. The average molecular weight is 306 g/mol. The summed E-state index contributed by atoms with van der Waals surface area (Å²) in [6.45, 7) is 5.40. The Bertz CT molecular complexity index is 354. The van der Waals surface area contributed by atoms with E-state index in [2.05, 4.69) is 5.32 Å². The van der Waals surface area contributed by atoms with Gasteiger partial charge in [0.1, 0.15) is 12.1 Å². The summed E-state index contributed by atoms with van der Waals surface area (Å²) in [6, 6.07) is 0. The summed E-state index contributed by atoms with van der Waals surface area (Å²) >= 11 is 1.32. The molecule has 0 bridgehead atoms. The third kappa shape index (κ3) is 10.5. The number of carboxylic acid groups (broad SMARTS) is 1. The van der Waals surface area contributed by atoms with Gasteiger partial charge in [-0.25, -0.2) is 4.79 Å². The molecule has 7 nitrogen and oxygen atoms in total. The second kappa shape index (κ2) is 8.68. The summed E-state index contributed by atoms with van der Waals surface area (Å²) in [5, 5.41) is 11.1. The molecule has 0 aliphatic heterocycles. The summed E-state index contributed by atoms with van der Waals surface area (Å²) in [7, 11) is 1.44. The Morgan fingerprint density at radius 2 is 1.90 bits per heavy atom. The number of carbonyl (C=O) groups excluding carboxylic acids is 2. The van der Waals surface area contributed by atoms with Gasteiger partial charge in [-0.3, -0.25) is 9.59 Å². The second-order valence-corrected chi connectivity index (χ2v) is 6.23. The molecule has 0 radical (unpaired) electrons. The second-order valence-electron chi connectivity index (χ2n) is 5.12. The number of thioether (sulfide) groups is 1. The molecule has 20 heavy (non-hydrogen) atoms. The van der Waals surface area contributed by atoms with E-state index in [-0.39, 0.29) is 18.2 Å². The number of alkyl carbamates (subject to hydrolysis) is 1. The molecule has 0 aromatic rings. The van der Waals surface area contributed by atoms with Gasteiger partial charge in [-0.05, 0) is 20.8 Å². The predicted octanol–water partition coefficient (Wildman–Crippen LogP) is 0.787. The van der Waals surface area contributed by atoms with Crippen LogP contribution in [0.25, 0.3) is 0 Å². The average Bonchev–Trinajstić information content (AvgIpc) is 2.24. The van der Waals surface area contributed by atoms with Crippen molar-refractivity contribution in [1.29, 1.82) is 0 Å². The number of carboxylic acids is 1. The van der Waals surface area contributed by atoms with Gasteiger partial charge in [0.25, 0.3) is 0 Å². The Balaban J connectivity index is 3.69. The smallest absolute Gasteiger partial charge is 0.407 e. The predicted molar refractivity (Wildman–Crippen MR) is 76.8 cm³/mol. The zero-order chi connectivity index (χ0) is 15.8. The van der Waals surface area contributed by atoms with Crippen LogP contribution in [0, 0.1) is 0 Å². The maximum Gasteiger partial charge on any atom is 0.407 e. The maximum absolute atomic E-state index is 11.5. The molecule has 0 aromatic heterocycles. The number of likely N-dealkylation sites (N-methyl/N-ethyl adjacent to an activating group) is 1. The van der Waals surface area contributed by atoms with Gasteiger partial charge in [-0.15, -0.1) is 0 Å². The lowest BCUT2D eigenvalue weighted by Gasteiger charge is -2.19. The highest BCUT2D eigenvalue weighted by Crippen LogP contribution is 2.06. The van der Waals surface area contributed by atoms with Crippen LogP contribution in [-0.2, 0) is 14.3 Å². The zero-order valence-electron chi connectivity index (χ0n) is 12.3. The van der Waals surface area contributed by atoms with E-state index in [0.29, 0.717) is 12.3 Å². The number of aliphatic carboxylic acids is 1. The fourth-order valence-electron chi connectivity index (χ4n) is 1.10. The summed E-state index contributed by atoms with van der Waals surface area (Å²) in [6.07, 6.45) is -0.493. The lowest BCUT2D eigenvalue weighted by molar-refractivity contribution is -0.142. The van der Waals surface area contributed by atoms with Gasteiger partial charge in [0.05, 0.1) is 5.75 Å². The summed E-state index contributed by atoms with van der Waals surface area (Å²) in [5.74, 6) is -0.571. The molecule has 0 saturated heterocycles. The standard InChI is InChI=1S/C12H22N2O5S/c1-12(2,3)19-11(18)13-5-6-20-8-9(15)14(4)7-10(16)17/h5-8H2,1-4H3,(H,13,18)(H,16,17). The number of carbonyl (C=O) groups is 3. The molecule has 0 saturated carbocycles. The fourth-order valence-corrected chi connectivity index (χ4v) is 1.89. The van der Waals surface area contributed by atoms with Crippen molar-refractivity contribution in [3.05, 3.63) is 0 Å². The van der Waals surface area contributed by atoms with Crippen LogP contribution < -0.4 is 5.32 Å². The van der Waals surface area contributed by atoms with Crippen molar-refractivity contribution in [2.75, 3.05) is 31.6 Å². The SMILES string of the molecule is CN(CC(=O)O)C(=O)CSCCNC(=O)OC(C)(C)C. The Morgan fingerprint density at radius 3 is 2.40 bits per heavy atom. The number of ether oxygens (including phenoxy) is 1. The van der Waals surface area contributed by atoms with Crippen LogP contribution >= 0.6 is 11.8 Å². The minimum atomic E-state index is -1.04. The molecule has 0 aliphatic carbocycles. The third-order valence-electron chi connectivity index (χ3n) is 1.94. The van der Waals surface area contributed by atoms with Crippen LogP contribution in [0.2, 0.25) is 0 Å². The van der Waals surface area contributed by atoms with E-state index in [0.717, 1.165) is 4.90 Å². The van der Waals surface area contributed by atoms with E-state index in [9.17, 15) is 14.4 Å². The van der Waals surface area contributed by atoms with Crippen molar-refractivity contribution < 1.29 is 24.2 Å². The van der Waals surface area contributed by atoms with Crippen LogP contribution in [0.3, 0.4) is 0 Å². The van der Waals surface area contributed by atoms with Crippen LogP contribution in [-0.4, -0.2) is 65.2 Å². The van der Waals surface area contributed by atoms with Crippen molar-refractivity contribution in [2.24, 2.45) is 0 Å². The largest absolute Gasteiger partial charge is 0.480 e. The molecule has 0 unspecified atom stereocenters. The number of nitrogens with zero attached hydrogens (tertiary/aromatic N) is 1. The molecule has 0 rings (SSSR count). The van der Waals surface area contributed by atoms with E-state index in [4.69, 9.17) is 9.84 Å². The van der Waals surface area contributed by atoms with E-state index >= 15 is 0 Å². The van der Waals surface area contributed by atoms with E-state index in [1.54, 1.807) is 20.8 Å². The van der Waals surface area contributed by atoms with Crippen molar-refractivity contribution in [3.8, 4) is 0 Å². The number of amides is 2. The minimum absolute atomic E-state index is 0.180. The lowest BCUT2D eigenvalue weighted by atomic mass is 10.2. The highest BCUT2D eigenvalue weighted by Gasteiger charge is 2.15. The summed E-state index contributed by atoms with van der Waals surface area (Å²) < 4.78 is 5.05. The fraction of sp³-hybridized carbons (Fsp3) is 0.750. The Kier molecular flexibility index (Phi) is 8.05. The van der Waals surface area contributed by atoms with Gasteiger partial charge in [-0.2, -0.15) is 11.8 Å². The zero-order valence-corrected chi connectivity index (χ0v) is 13.1. The third-order valence-corrected chi connectivity index (χ3v) is 2.88. The molecule has 0 aromatic carbocycles. The summed E-state index contributed by atoms with van der Waals surface area (Å²) in [4.78, 5) is 34.4. The highest BCUT2D eigenvalue weighted by atomic mass is 32.2. The molecule has 2 N–H and O–H groups in total. The van der Waals surface area contributed by atoms with Crippen molar-refractivity contribution >= 4 is 29.7 Å². The number of nitrogens with one attached hydrogen (secondary N) is 1. The van der Waals surface area contributed by atoms with Crippen molar-refractivity contribution in [2.45, 2.75) is 26.4 Å².